The summed E-state index contributed by atoms with van der Waals surface area (Å²) in [7, 11) is -3.45. The van der Waals surface area contributed by atoms with E-state index in [0.29, 0.717) is 41.4 Å². The summed E-state index contributed by atoms with van der Waals surface area (Å²) < 4.78 is 25.8. The van der Waals surface area contributed by atoms with Crippen LogP contribution in [0.4, 0.5) is 17.3 Å². The van der Waals surface area contributed by atoms with Crippen molar-refractivity contribution < 1.29 is 13.2 Å². The molecule has 2 aliphatic rings. The maximum atomic E-state index is 12.6. The van der Waals surface area contributed by atoms with Crippen LogP contribution >= 0.6 is 0 Å². The molecule has 33 heavy (non-hydrogen) atoms. The number of anilines is 3. The summed E-state index contributed by atoms with van der Waals surface area (Å²) in [5, 5.41) is 10.1. The number of hydrogen-bond donors (Lipinski definition) is 2. The van der Waals surface area contributed by atoms with Gasteiger partial charge in [0, 0.05) is 30.4 Å². The molecule has 3 aromatic rings. The molecular weight excluding hydrogens is 442 g/mol. The SMILES string of the molecule is CC(C)Nc1cc(Nc2ccnc(-c3cnn(S(=O)(=O)C4CC4)c3)n2)ncc1C(=O)C1CC1. The van der Waals surface area contributed by atoms with Crippen LogP contribution in [-0.2, 0) is 10.0 Å². The standard InChI is InChI=1S/C22H25N7O3S/c1-13(2)26-18-9-20(24-11-17(18)21(30)14-3-4-14)27-19-7-8-23-22(28-19)15-10-25-29(12-15)33(31,32)16-5-6-16/h7-14,16H,3-6H2,1-2H3,(H2,23,24,26,27,28). The van der Waals surface area contributed by atoms with Gasteiger partial charge in [0.1, 0.15) is 11.6 Å². The van der Waals surface area contributed by atoms with E-state index in [1.807, 2.05) is 13.8 Å². The summed E-state index contributed by atoms with van der Waals surface area (Å²) in [5.74, 6) is 1.59. The van der Waals surface area contributed by atoms with Gasteiger partial charge in [0.05, 0.1) is 34.5 Å². The average molecular weight is 468 g/mol. The summed E-state index contributed by atoms with van der Waals surface area (Å²) in [4.78, 5) is 25.8. The number of carbonyl (C=O) groups is 1. The Bertz CT molecular complexity index is 1310. The van der Waals surface area contributed by atoms with Crippen molar-refractivity contribution in [2.45, 2.75) is 50.8 Å². The number of aromatic nitrogens is 5. The summed E-state index contributed by atoms with van der Waals surface area (Å²) in [6.07, 6.45) is 9.26. The molecule has 10 nitrogen and oxygen atoms in total. The number of carbonyl (C=O) groups excluding carboxylic acids is 1. The van der Waals surface area contributed by atoms with Gasteiger partial charge in [-0.2, -0.15) is 9.19 Å². The van der Waals surface area contributed by atoms with Crippen LogP contribution in [0.2, 0.25) is 0 Å². The van der Waals surface area contributed by atoms with Gasteiger partial charge < -0.3 is 10.6 Å². The van der Waals surface area contributed by atoms with Gasteiger partial charge in [-0.3, -0.25) is 4.79 Å². The average Bonchev–Trinajstić information content (AvgIpc) is 3.70. The van der Waals surface area contributed by atoms with E-state index in [4.69, 9.17) is 0 Å². The van der Waals surface area contributed by atoms with E-state index in [9.17, 15) is 13.2 Å². The van der Waals surface area contributed by atoms with Crippen LogP contribution < -0.4 is 10.6 Å². The van der Waals surface area contributed by atoms with Gasteiger partial charge in [0.2, 0.25) is 0 Å². The minimum Gasteiger partial charge on any atom is -0.382 e. The van der Waals surface area contributed by atoms with E-state index >= 15 is 0 Å². The summed E-state index contributed by atoms with van der Waals surface area (Å²) in [6, 6.07) is 3.65. The largest absolute Gasteiger partial charge is 0.382 e. The molecule has 2 aliphatic carbocycles. The van der Waals surface area contributed by atoms with Crippen LogP contribution in [0.25, 0.3) is 11.4 Å². The van der Waals surface area contributed by atoms with Crippen LogP contribution in [0, 0.1) is 5.92 Å². The molecule has 0 aromatic carbocycles. The zero-order chi connectivity index (χ0) is 23.2. The zero-order valence-electron chi connectivity index (χ0n) is 18.4. The molecule has 3 heterocycles. The quantitative estimate of drug-likeness (QED) is 0.455. The number of hydrogen-bond acceptors (Lipinski definition) is 9. The molecule has 3 aromatic heterocycles. The fraction of sp³-hybridized carbons (Fsp3) is 0.409. The Balaban J connectivity index is 1.38. The van der Waals surface area contributed by atoms with Gasteiger partial charge in [0.15, 0.2) is 11.6 Å². The summed E-state index contributed by atoms with van der Waals surface area (Å²) >= 11 is 0. The predicted octanol–water partition coefficient (Wildman–Crippen LogP) is 3.23. The highest BCUT2D eigenvalue weighted by molar-refractivity contribution is 7.90. The first-order chi connectivity index (χ1) is 15.8. The highest BCUT2D eigenvalue weighted by Crippen LogP contribution is 2.35. The van der Waals surface area contributed by atoms with Crippen molar-refractivity contribution >= 4 is 33.1 Å². The van der Waals surface area contributed by atoms with Crippen molar-refractivity contribution in [3.63, 3.8) is 0 Å². The van der Waals surface area contributed by atoms with E-state index in [1.54, 1.807) is 24.5 Å². The second-order valence-electron chi connectivity index (χ2n) is 8.79. The number of ketones is 1. The highest BCUT2D eigenvalue weighted by Gasteiger charge is 2.37. The minimum absolute atomic E-state index is 0.104. The summed E-state index contributed by atoms with van der Waals surface area (Å²) in [5.41, 5.74) is 1.84. The molecule has 0 saturated heterocycles. The van der Waals surface area contributed by atoms with Gasteiger partial charge in [-0.05, 0) is 45.6 Å². The third kappa shape index (κ3) is 4.58. The first kappa shape index (κ1) is 21.5. The van der Waals surface area contributed by atoms with Crippen LogP contribution in [0.5, 0.6) is 0 Å². The second kappa shape index (κ2) is 8.22. The number of nitrogens with one attached hydrogen (secondary N) is 2. The lowest BCUT2D eigenvalue weighted by molar-refractivity contribution is 0.0968. The van der Waals surface area contributed by atoms with Gasteiger partial charge >= 0.3 is 0 Å². The highest BCUT2D eigenvalue weighted by atomic mass is 32.2. The van der Waals surface area contributed by atoms with E-state index < -0.39 is 10.0 Å². The molecule has 0 bridgehead atoms. The molecule has 172 valence electrons. The molecule has 0 aliphatic heterocycles. The third-order valence-corrected chi connectivity index (χ3v) is 7.53. The first-order valence-electron chi connectivity index (χ1n) is 11.0. The molecule has 0 atom stereocenters. The molecule has 11 heteroatoms. The Kier molecular flexibility index (Phi) is 5.35. The van der Waals surface area contributed by atoms with Gasteiger partial charge in [-0.25, -0.2) is 23.4 Å². The predicted molar refractivity (Wildman–Crippen MR) is 124 cm³/mol. The van der Waals surface area contributed by atoms with Gasteiger partial charge in [-0.15, -0.1) is 0 Å². The molecule has 2 N–H and O–H groups in total. The Hall–Kier alpha value is -3.34. The molecule has 5 rings (SSSR count). The van der Waals surface area contributed by atoms with Crippen molar-refractivity contribution in [2.24, 2.45) is 5.92 Å². The Morgan fingerprint density at radius 3 is 2.61 bits per heavy atom. The molecule has 0 radical (unpaired) electrons. The number of rotatable bonds is 9. The van der Waals surface area contributed by atoms with Gasteiger partial charge in [0.25, 0.3) is 10.0 Å². The monoisotopic (exact) mass is 467 g/mol. The van der Waals surface area contributed by atoms with E-state index in [-0.39, 0.29) is 23.0 Å². The van der Waals surface area contributed by atoms with E-state index in [1.165, 1.54) is 12.4 Å². The molecule has 0 spiro atoms. The van der Waals surface area contributed by atoms with Crippen LogP contribution in [0.15, 0.2) is 36.9 Å². The first-order valence-corrected chi connectivity index (χ1v) is 12.5. The number of pyridine rings is 1. The van der Waals surface area contributed by atoms with Gasteiger partial charge in [-0.1, -0.05) is 0 Å². The molecule has 0 unspecified atom stereocenters. The number of Topliss-reactive ketones (excluding diaryl/α,β-unsaturated/α-hetero) is 1. The Morgan fingerprint density at radius 1 is 1.12 bits per heavy atom. The lowest BCUT2D eigenvalue weighted by Gasteiger charge is -2.15. The molecular formula is C22H25N7O3S. The van der Waals surface area contributed by atoms with Crippen molar-refractivity contribution in [2.75, 3.05) is 10.6 Å². The van der Waals surface area contributed by atoms with Crippen LogP contribution in [0.3, 0.4) is 0 Å². The van der Waals surface area contributed by atoms with Crippen LogP contribution in [0.1, 0.15) is 49.9 Å². The van der Waals surface area contributed by atoms with Crippen molar-refractivity contribution in [3.05, 3.63) is 42.5 Å². The Morgan fingerprint density at radius 2 is 1.91 bits per heavy atom. The lowest BCUT2D eigenvalue weighted by atomic mass is 10.1. The maximum absolute atomic E-state index is 12.6. The third-order valence-electron chi connectivity index (χ3n) is 5.50. The molecule has 2 fully saturated rings. The second-order valence-corrected chi connectivity index (χ2v) is 10.9. The smallest absolute Gasteiger partial charge is 0.256 e. The normalized spacial score (nSPS) is 16.1. The molecule has 2 saturated carbocycles. The fourth-order valence-electron chi connectivity index (χ4n) is 3.49. The van der Waals surface area contributed by atoms with Crippen molar-refractivity contribution in [1.82, 2.24) is 24.1 Å². The van der Waals surface area contributed by atoms with E-state index in [2.05, 4.69) is 30.7 Å². The lowest BCUT2D eigenvalue weighted by Crippen LogP contribution is -2.17. The zero-order valence-corrected chi connectivity index (χ0v) is 19.2. The topological polar surface area (TPSA) is 132 Å². The fourth-order valence-corrected chi connectivity index (χ4v) is 4.97. The Labute approximate surface area is 191 Å². The van der Waals surface area contributed by atoms with Crippen molar-refractivity contribution in [3.8, 4) is 11.4 Å². The molecule has 0 amide bonds. The minimum atomic E-state index is -3.45. The number of nitrogens with zero attached hydrogens (tertiary/aromatic N) is 5. The van der Waals surface area contributed by atoms with E-state index in [0.717, 1.165) is 22.6 Å². The maximum Gasteiger partial charge on any atom is 0.256 e. The summed E-state index contributed by atoms with van der Waals surface area (Å²) in [6.45, 7) is 4.03. The van der Waals surface area contributed by atoms with Crippen molar-refractivity contribution in [1.29, 1.82) is 0 Å². The van der Waals surface area contributed by atoms with Crippen LogP contribution in [-0.4, -0.2) is 49.6 Å².